The Kier molecular flexibility index (Phi) is 5.75. The second kappa shape index (κ2) is 8.95. The molecular weight excluding hydrogens is 380 g/mol. The summed E-state index contributed by atoms with van der Waals surface area (Å²) in [6.45, 7) is 0.223. The Morgan fingerprint density at radius 3 is 2.37 bits per heavy atom. The number of nitrogens with one attached hydrogen (secondary N) is 2. The van der Waals surface area contributed by atoms with Crippen LogP contribution in [0, 0.1) is 0 Å². The smallest absolute Gasteiger partial charge is 0.267 e. The zero-order chi connectivity index (χ0) is 20.8. The number of nitrogens with zero attached hydrogens (tertiary/aromatic N) is 4. The van der Waals surface area contributed by atoms with E-state index in [1.807, 2.05) is 60.7 Å². The number of hydrogen-bond acceptors (Lipinski definition) is 5. The van der Waals surface area contributed by atoms with Crippen molar-refractivity contribution in [3.8, 4) is 22.6 Å². The molecule has 0 spiro atoms. The van der Waals surface area contributed by atoms with Gasteiger partial charge in [-0.1, -0.05) is 60.7 Å². The number of H-pyrrole nitrogens is 1. The quantitative estimate of drug-likeness (QED) is 0.494. The van der Waals surface area contributed by atoms with Gasteiger partial charge in [-0.05, 0) is 6.07 Å². The van der Waals surface area contributed by atoms with E-state index in [9.17, 15) is 9.59 Å². The number of rotatable bonds is 7. The molecular formula is C22H20N6O2. The fourth-order valence-corrected chi connectivity index (χ4v) is 2.96. The Bertz CT molecular complexity index is 1180. The topological polar surface area (TPSA) is 106 Å². The summed E-state index contributed by atoms with van der Waals surface area (Å²) in [7, 11) is 0. The summed E-state index contributed by atoms with van der Waals surface area (Å²) in [5.74, 6) is 0.999. The molecule has 1 amide bonds. The normalized spacial score (nSPS) is 10.7. The highest BCUT2D eigenvalue weighted by Gasteiger charge is 2.09. The summed E-state index contributed by atoms with van der Waals surface area (Å²) in [6, 6.07) is 22.2. The third-order valence-corrected chi connectivity index (χ3v) is 4.48. The van der Waals surface area contributed by atoms with E-state index in [0.717, 1.165) is 11.1 Å². The van der Waals surface area contributed by atoms with Gasteiger partial charge in [-0.25, -0.2) is 9.67 Å². The van der Waals surface area contributed by atoms with Crippen molar-refractivity contribution >= 4 is 5.91 Å². The maximum atomic E-state index is 12.3. The molecule has 2 aromatic heterocycles. The van der Waals surface area contributed by atoms with Crippen LogP contribution in [0.2, 0.25) is 0 Å². The van der Waals surface area contributed by atoms with Crippen LogP contribution < -0.4 is 10.9 Å². The van der Waals surface area contributed by atoms with Crippen molar-refractivity contribution in [3.05, 3.63) is 89.0 Å². The number of aromatic nitrogens is 5. The second-order valence-electron chi connectivity index (χ2n) is 6.65. The van der Waals surface area contributed by atoms with Crippen LogP contribution in [-0.4, -0.2) is 37.4 Å². The molecule has 30 heavy (non-hydrogen) atoms. The summed E-state index contributed by atoms with van der Waals surface area (Å²) < 4.78 is 1.17. The van der Waals surface area contributed by atoms with Gasteiger partial charge in [-0.3, -0.25) is 14.7 Å². The molecule has 0 atom stereocenters. The first-order valence-electron chi connectivity index (χ1n) is 9.56. The second-order valence-corrected chi connectivity index (χ2v) is 6.65. The third kappa shape index (κ3) is 4.67. The average Bonchev–Trinajstić information content (AvgIpc) is 3.25. The molecule has 2 aromatic carbocycles. The zero-order valence-electron chi connectivity index (χ0n) is 16.2. The van der Waals surface area contributed by atoms with Gasteiger partial charge in [0, 0.05) is 30.2 Å². The van der Waals surface area contributed by atoms with Crippen molar-refractivity contribution in [2.24, 2.45) is 0 Å². The summed E-state index contributed by atoms with van der Waals surface area (Å²) in [5.41, 5.74) is 2.12. The molecule has 4 rings (SSSR count). The fraction of sp³-hybridized carbons (Fsp3) is 0.136. The van der Waals surface area contributed by atoms with Crippen molar-refractivity contribution in [2.75, 3.05) is 6.54 Å². The standard InChI is InChI=1S/C22H20N6O2/c29-20(15-28-21(30)12-11-18(27-28)16-7-3-1-4-8-16)23-14-13-19-24-22(26-25-19)17-9-5-2-6-10-17/h1-12H,13-15H2,(H,23,29)(H,24,25,26). The van der Waals surface area contributed by atoms with E-state index in [-0.39, 0.29) is 18.0 Å². The first-order valence-corrected chi connectivity index (χ1v) is 9.56. The Morgan fingerprint density at radius 2 is 1.63 bits per heavy atom. The third-order valence-electron chi connectivity index (χ3n) is 4.48. The van der Waals surface area contributed by atoms with E-state index in [4.69, 9.17) is 0 Å². The molecule has 0 fully saturated rings. The largest absolute Gasteiger partial charge is 0.354 e. The summed E-state index contributed by atoms with van der Waals surface area (Å²) in [5, 5.41) is 14.2. The lowest BCUT2D eigenvalue weighted by molar-refractivity contribution is -0.121. The van der Waals surface area contributed by atoms with Crippen molar-refractivity contribution in [2.45, 2.75) is 13.0 Å². The number of carbonyl (C=O) groups excluding carboxylic acids is 1. The highest BCUT2D eigenvalue weighted by Crippen LogP contribution is 2.14. The summed E-state index contributed by atoms with van der Waals surface area (Å²) in [6.07, 6.45) is 0.498. The molecule has 0 aliphatic carbocycles. The van der Waals surface area contributed by atoms with E-state index in [1.165, 1.54) is 10.7 Å². The molecule has 8 heteroatoms. The first kappa shape index (κ1) is 19.3. The lowest BCUT2D eigenvalue weighted by Gasteiger charge is -2.08. The molecule has 0 aliphatic heterocycles. The highest BCUT2D eigenvalue weighted by atomic mass is 16.2. The predicted octanol–water partition coefficient (Wildman–Crippen LogP) is 2.05. The average molecular weight is 400 g/mol. The van der Waals surface area contributed by atoms with Crippen LogP contribution in [0.4, 0.5) is 0 Å². The number of aromatic amines is 1. The molecule has 0 unspecified atom stereocenters. The van der Waals surface area contributed by atoms with E-state index in [1.54, 1.807) is 6.07 Å². The van der Waals surface area contributed by atoms with Crippen molar-refractivity contribution < 1.29 is 4.79 Å². The minimum atomic E-state index is -0.326. The fourth-order valence-electron chi connectivity index (χ4n) is 2.96. The van der Waals surface area contributed by atoms with E-state index >= 15 is 0 Å². The van der Waals surface area contributed by atoms with Gasteiger partial charge >= 0.3 is 0 Å². The van der Waals surface area contributed by atoms with Crippen LogP contribution in [0.3, 0.4) is 0 Å². The lowest BCUT2D eigenvalue weighted by Crippen LogP contribution is -2.34. The van der Waals surface area contributed by atoms with Gasteiger partial charge in [0.15, 0.2) is 5.82 Å². The Morgan fingerprint density at radius 1 is 0.933 bits per heavy atom. The van der Waals surface area contributed by atoms with Gasteiger partial charge in [0.25, 0.3) is 5.56 Å². The predicted molar refractivity (Wildman–Crippen MR) is 112 cm³/mol. The lowest BCUT2D eigenvalue weighted by atomic mass is 10.1. The van der Waals surface area contributed by atoms with Gasteiger partial charge in [0.05, 0.1) is 5.69 Å². The monoisotopic (exact) mass is 400 g/mol. The van der Waals surface area contributed by atoms with Crippen LogP contribution in [0.25, 0.3) is 22.6 Å². The number of carbonyl (C=O) groups is 1. The van der Waals surface area contributed by atoms with Crippen LogP contribution in [0.5, 0.6) is 0 Å². The van der Waals surface area contributed by atoms with E-state index in [2.05, 4.69) is 25.6 Å². The Balaban J connectivity index is 1.33. The van der Waals surface area contributed by atoms with Gasteiger partial charge in [0.2, 0.25) is 5.91 Å². The molecule has 0 bridgehead atoms. The van der Waals surface area contributed by atoms with Gasteiger partial charge in [0.1, 0.15) is 12.4 Å². The highest BCUT2D eigenvalue weighted by molar-refractivity contribution is 5.75. The van der Waals surface area contributed by atoms with E-state index < -0.39 is 0 Å². The van der Waals surface area contributed by atoms with Crippen LogP contribution >= 0.6 is 0 Å². The number of benzene rings is 2. The van der Waals surface area contributed by atoms with Gasteiger partial charge < -0.3 is 5.32 Å². The van der Waals surface area contributed by atoms with Crippen molar-refractivity contribution in [3.63, 3.8) is 0 Å². The molecule has 0 saturated carbocycles. The Hall–Kier alpha value is -4.07. The molecule has 2 N–H and O–H groups in total. The van der Waals surface area contributed by atoms with Crippen LogP contribution in [0.15, 0.2) is 77.6 Å². The molecule has 0 saturated heterocycles. The van der Waals surface area contributed by atoms with Gasteiger partial charge in [-0.15, -0.1) is 0 Å². The number of hydrogen-bond donors (Lipinski definition) is 2. The van der Waals surface area contributed by atoms with Crippen LogP contribution in [0.1, 0.15) is 5.82 Å². The molecule has 150 valence electrons. The SMILES string of the molecule is O=C(Cn1nc(-c2ccccc2)ccc1=O)NCCc1nc(-c2ccccc2)n[nH]1. The van der Waals surface area contributed by atoms with E-state index in [0.29, 0.717) is 30.3 Å². The minimum Gasteiger partial charge on any atom is -0.354 e. The zero-order valence-corrected chi connectivity index (χ0v) is 16.2. The molecule has 4 aromatic rings. The maximum absolute atomic E-state index is 12.3. The molecule has 0 radical (unpaired) electrons. The summed E-state index contributed by atoms with van der Waals surface area (Å²) in [4.78, 5) is 28.8. The number of amides is 1. The van der Waals surface area contributed by atoms with Crippen LogP contribution in [-0.2, 0) is 17.8 Å². The minimum absolute atomic E-state index is 0.148. The first-order chi connectivity index (χ1) is 14.7. The van der Waals surface area contributed by atoms with Gasteiger partial charge in [-0.2, -0.15) is 10.2 Å². The molecule has 0 aliphatic rings. The summed E-state index contributed by atoms with van der Waals surface area (Å²) >= 11 is 0. The molecule has 2 heterocycles. The van der Waals surface area contributed by atoms with Crippen molar-refractivity contribution in [1.82, 2.24) is 30.3 Å². The molecule has 8 nitrogen and oxygen atoms in total. The van der Waals surface area contributed by atoms with Crippen molar-refractivity contribution in [1.29, 1.82) is 0 Å². The Labute approximate surface area is 172 Å². The maximum Gasteiger partial charge on any atom is 0.267 e.